The van der Waals surface area contributed by atoms with Crippen LogP contribution in [0.4, 0.5) is 0 Å². The summed E-state index contributed by atoms with van der Waals surface area (Å²) >= 11 is 0. The number of carbonyl (C=O) groups excluding carboxylic acids is 1. The molecule has 0 aromatic carbocycles. The third kappa shape index (κ3) is 5.83. The zero-order valence-electron chi connectivity index (χ0n) is 17.7. The molecule has 0 unspecified atom stereocenters. The monoisotopic (exact) mass is 393 g/mol. The Morgan fingerprint density at radius 1 is 1.00 bits per heavy atom. The third-order valence-electron chi connectivity index (χ3n) is 6.43. The summed E-state index contributed by atoms with van der Waals surface area (Å²) in [5.74, 6) is 1.10. The van der Waals surface area contributed by atoms with Crippen LogP contribution in [0.15, 0.2) is 4.99 Å². The molecule has 0 radical (unpaired) electrons. The fourth-order valence-corrected chi connectivity index (χ4v) is 4.80. The molecule has 160 valence electrons. The van der Waals surface area contributed by atoms with Gasteiger partial charge in [-0.3, -0.25) is 14.7 Å². The van der Waals surface area contributed by atoms with Crippen molar-refractivity contribution < 1.29 is 9.53 Å². The first-order valence-electron chi connectivity index (χ1n) is 11.4. The normalized spacial score (nSPS) is 23.6. The average molecular weight is 394 g/mol. The van der Waals surface area contributed by atoms with Crippen LogP contribution in [-0.2, 0) is 9.53 Å². The minimum Gasteiger partial charge on any atom is -0.379 e. The van der Waals surface area contributed by atoms with E-state index in [2.05, 4.69) is 22.5 Å². The summed E-state index contributed by atoms with van der Waals surface area (Å²) in [6.07, 6.45) is 9.21. The van der Waals surface area contributed by atoms with E-state index in [4.69, 9.17) is 9.73 Å². The molecule has 0 aromatic rings. The summed E-state index contributed by atoms with van der Waals surface area (Å²) < 4.78 is 5.58. The standard InChI is InChI=1S/C21H39N5O2/c1-2-22-20(23-11-8-19(27)25-12-6-7-13-25)24-18-21(9-4-3-5-10-21)26-14-16-28-17-15-26/h2-18H2,1H3,(H2,22,23,24). The number of nitrogens with zero attached hydrogens (tertiary/aromatic N) is 3. The van der Waals surface area contributed by atoms with Crippen LogP contribution in [0.1, 0.15) is 58.3 Å². The van der Waals surface area contributed by atoms with Crippen molar-refractivity contribution >= 4 is 11.9 Å². The second-order valence-electron chi connectivity index (χ2n) is 8.34. The van der Waals surface area contributed by atoms with E-state index in [0.717, 1.165) is 71.3 Å². The Bertz CT molecular complexity index is 507. The molecule has 2 aliphatic heterocycles. The Labute approximate surface area is 170 Å². The molecular weight excluding hydrogens is 354 g/mol. The van der Waals surface area contributed by atoms with Crippen molar-refractivity contribution in [3.63, 3.8) is 0 Å². The van der Waals surface area contributed by atoms with Gasteiger partial charge in [0.2, 0.25) is 5.91 Å². The highest BCUT2D eigenvalue weighted by molar-refractivity contribution is 5.81. The van der Waals surface area contributed by atoms with Crippen molar-refractivity contribution in [3.8, 4) is 0 Å². The topological polar surface area (TPSA) is 69.2 Å². The lowest BCUT2D eigenvalue weighted by Crippen LogP contribution is -2.56. The van der Waals surface area contributed by atoms with Crippen LogP contribution >= 0.6 is 0 Å². The number of guanidine groups is 1. The fraction of sp³-hybridized carbons (Fsp3) is 0.905. The van der Waals surface area contributed by atoms with Crippen LogP contribution in [0.2, 0.25) is 0 Å². The van der Waals surface area contributed by atoms with Crippen LogP contribution in [0, 0.1) is 0 Å². The average Bonchev–Trinajstić information content (AvgIpc) is 3.28. The van der Waals surface area contributed by atoms with E-state index in [-0.39, 0.29) is 11.4 Å². The van der Waals surface area contributed by atoms with Gasteiger partial charge in [-0.25, -0.2) is 0 Å². The molecule has 0 aromatic heterocycles. The van der Waals surface area contributed by atoms with Crippen molar-refractivity contribution in [1.29, 1.82) is 0 Å². The molecule has 0 bridgehead atoms. The second kappa shape index (κ2) is 11.0. The third-order valence-corrected chi connectivity index (χ3v) is 6.43. The van der Waals surface area contributed by atoms with Gasteiger partial charge in [-0.1, -0.05) is 19.3 Å². The van der Waals surface area contributed by atoms with Gasteiger partial charge >= 0.3 is 0 Å². The number of morpholine rings is 1. The van der Waals surface area contributed by atoms with Gasteiger partial charge in [0, 0.05) is 51.2 Å². The molecule has 0 spiro atoms. The summed E-state index contributed by atoms with van der Waals surface area (Å²) in [7, 11) is 0. The van der Waals surface area contributed by atoms with Gasteiger partial charge in [0.25, 0.3) is 0 Å². The molecular formula is C21H39N5O2. The van der Waals surface area contributed by atoms with Gasteiger partial charge in [0.05, 0.1) is 19.8 Å². The van der Waals surface area contributed by atoms with Gasteiger partial charge in [0.1, 0.15) is 0 Å². The quantitative estimate of drug-likeness (QED) is 0.508. The molecule has 3 fully saturated rings. The number of likely N-dealkylation sites (tertiary alicyclic amines) is 1. The lowest BCUT2D eigenvalue weighted by molar-refractivity contribution is -0.129. The summed E-state index contributed by atoms with van der Waals surface area (Å²) in [6, 6.07) is 0. The lowest BCUT2D eigenvalue weighted by atomic mass is 9.80. The maximum atomic E-state index is 12.3. The van der Waals surface area contributed by atoms with E-state index in [9.17, 15) is 4.79 Å². The molecule has 3 aliphatic rings. The Kier molecular flexibility index (Phi) is 8.40. The molecule has 1 saturated carbocycles. The summed E-state index contributed by atoms with van der Waals surface area (Å²) in [5.41, 5.74) is 0.176. The van der Waals surface area contributed by atoms with Crippen LogP contribution in [0.5, 0.6) is 0 Å². The lowest BCUT2D eigenvalue weighted by Gasteiger charge is -2.47. The van der Waals surface area contributed by atoms with E-state index < -0.39 is 0 Å². The highest BCUT2D eigenvalue weighted by atomic mass is 16.5. The van der Waals surface area contributed by atoms with Crippen molar-refractivity contribution in [3.05, 3.63) is 0 Å². The Balaban J connectivity index is 1.55. The van der Waals surface area contributed by atoms with Gasteiger partial charge in [-0.2, -0.15) is 0 Å². The van der Waals surface area contributed by atoms with Crippen molar-refractivity contribution in [2.45, 2.75) is 63.8 Å². The molecule has 1 amide bonds. The Morgan fingerprint density at radius 2 is 1.71 bits per heavy atom. The zero-order chi connectivity index (χ0) is 19.7. The van der Waals surface area contributed by atoms with Crippen molar-refractivity contribution in [2.75, 3.05) is 59.0 Å². The minimum atomic E-state index is 0.176. The second-order valence-corrected chi connectivity index (χ2v) is 8.34. The number of carbonyl (C=O) groups is 1. The molecule has 2 heterocycles. The van der Waals surface area contributed by atoms with E-state index in [1.807, 2.05) is 4.90 Å². The minimum absolute atomic E-state index is 0.176. The molecule has 2 N–H and O–H groups in total. The van der Waals surface area contributed by atoms with Gasteiger partial charge in [0.15, 0.2) is 5.96 Å². The Morgan fingerprint density at radius 3 is 2.39 bits per heavy atom. The maximum absolute atomic E-state index is 12.3. The summed E-state index contributed by atoms with van der Waals surface area (Å²) in [4.78, 5) is 21.8. The van der Waals surface area contributed by atoms with Crippen LogP contribution in [-0.4, -0.2) is 86.2 Å². The van der Waals surface area contributed by atoms with E-state index in [1.54, 1.807) is 0 Å². The van der Waals surface area contributed by atoms with E-state index >= 15 is 0 Å². The van der Waals surface area contributed by atoms with Crippen molar-refractivity contribution in [2.24, 2.45) is 4.99 Å². The molecule has 3 rings (SSSR count). The van der Waals surface area contributed by atoms with E-state index in [1.165, 1.54) is 32.1 Å². The summed E-state index contributed by atoms with van der Waals surface area (Å²) in [6.45, 7) is 9.94. The van der Waals surface area contributed by atoms with E-state index in [0.29, 0.717) is 13.0 Å². The number of rotatable bonds is 7. The number of amides is 1. The number of ether oxygens (including phenoxy) is 1. The zero-order valence-corrected chi connectivity index (χ0v) is 17.7. The first-order chi connectivity index (χ1) is 13.7. The first kappa shape index (κ1) is 21.4. The molecule has 1 aliphatic carbocycles. The first-order valence-corrected chi connectivity index (χ1v) is 11.4. The number of aliphatic imine (C=N–C) groups is 1. The highest BCUT2D eigenvalue weighted by Crippen LogP contribution is 2.34. The van der Waals surface area contributed by atoms with Crippen LogP contribution in [0.25, 0.3) is 0 Å². The van der Waals surface area contributed by atoms with Crippen molar-refractivity contribution in [1.82, 2.24) is 20.4 Å². The molecule has 7 nitrogen and oxygen atoms in total. The molecule has 2 saturated heterocycles. The largest absolute Gasteiger partial charge is 0.379 e. The summed E-state index contributed by atoms with van der Waals surface area (Å²) in [5, 5.41) is 6.74. The predicted molar refractivity (Wildman–Crippen MR) is 113 cm³/mol. The fourth-order valence-electron chi connectivity index (χ4n) is 4.80. The molecule has 28 heavy (non-hydrogen) atoms. The predicted octanol–water partition coefficient (Wildman–Crippen LogP) is 1.59. The van der Waals surface area contributed by atoms with Gasteiger partial charge < -0.3 is 20.3 Å². The SMILES string of the molecule is CCNC(=NCC1(N2CCOCC2)CCCCC1)NCCC(=O)N1CCCC1. The number of hydrogen-bond donors (Lipinski definition) is 2. The smallest absolute Gasteiger partial charge is 0.224 e. The van der Waals surface area contributed by atoms with Crippen LogP contribution < -0.4 is 10.6 Å². The highest BCUT2D eigenvalue weighted by Gasteiger charge is 2.38. The molecule has 0 atom stereocenters. The number of hydrogen-bond acceptors (Lipinski definition) is 4. The maximum Gasteiger partial charge on any atom is 0.224 e. The van der Waals surface area contributed by atoms with Gasteiger partial charge in [-0.05, 0) is 32.6 Å². The molecule has 7 heteroatoms. The van der Waals surface area contributed by atoms with Crippen LogP contribution in [0.3, 0.4) is 0 Å². The number of nitrogens with one attached hydrogen (secondary N) is 2. The van der Waals surface area contributed by atoms with Gasteiger partial charge in [-0.15, -0.1) is 0 Å². The Hall–Kier alpha value is -1.34.